The highest BCUT2D eigenvalue weighted by atomic mass is 16.3. The van der Waals surface area contributed by atoms with Crippen LogP contribution in [0.15, 0.2) is 0 Å². The summed E-state index contributed by atoms with van der Waals surface area (Å²) in [6.07, 6.45) is 6.68. The van der Waals surface area contributed by atoms with Crippen LogP contribution < -0.4 is 5.32 Å². The molecule has 0 radical (unpaired) electrons. The molecule has 0 aromatic carbocycles. The molecule has 1 aliphatic carbocycles. The van der Waals surface area contributed by atoms with E-state index in [9.17, 15) is 14.7 Å². The van der Waals surface area contributed by atoms with Gasteiger partial charge in [-0.2, -0.15) is 0 Å². The van der Waals surface area contributed by atoms with E-state index in [2.05, 4.69) is 12.2 Å². The summed E-state index contributed by atoms with van der Waals surface area (Å²) in [7, 11) is 0. The van der Waals surface area contributed by atoms with Crippen molar-refractivity contribution in [3.05, 3.63) is 0 Å². The highest BCUT2D eigenvalue weighted by Crippen LogP contribution is 2.37. The molecule has 6 heteroatoms. The standard InChI is InChI=1S/C18H31N3O3/c1-18(13-22)8-4-5-15(18)19-16(23)14-6-11-21(12-7-14)17(24)20-9-2-3-10-20/h14-15,22H,2-13H2,1H3,(H,19,23). The average molecular weight is 337 g/mol. The van der Waals surface area contributed by atoms with Gasteiger partial charge in [-0.3, -0.25) is 4.79 Å². The van der Waals surface area contributed by atoms with Gasteiger partial charge in [-0.15, -0.1) is 0 Å². The molecule has 3 aliphatic rings. The van der Waals surface area contributed by atoms with Crippen LogP contribution in [0.1, 0.15) is 51.9 Å². The van der Waals surface area contributed by atoms with E-state index in [1.165, 1.54) is 0 Å². The van der Waals surface area contributed by atoms with Crippen molar-refractivity contribution in [3.8, 4) is 0 Å². The van der Waals surface area contributed by atoms with Gasteiger partial charge in [0.1, 0.15) is 0 Å². The van der Waals surface area contributed by atoms with Crippen molar-refractivity contribution in [1.82, 2.24) is 15.1 Å². The van der Waals surface area contributed by atoms with E-state index in [0.717, 1.165) is 58.0 Å². The lowest BCUT2D eigenvalue weighted by Gasteiger charge is -2.36. The summed E-state index contributed by atoms with van der Waals surface area (Å²) in [5, 5.41) is 12.8. The Kier molecular flexibility index (Phi) is 5.33. The number of nitrogens with one attached hydrogen (secondary N) is 1. The zero-order valence-corrected chi connectivity index (χ0v) is 14.8. The van der Waals surface area contributed by atoms with E-state index in [1.807, 2.05) is 9.80 Å². The molecule has 1 saturated carbocycles. The first-order chi connectivity index (χ1) is 11.5. The molecular formula is C18H31N3O3. The molecular weight excluding hydrogens is 306 g/mol. The number of likely N-dealkylation sites (tertiary alicyclic amines) is 2. The number of aliphatic hydroxyl groups excluding tert-OH is 1. The lowest BCUT2D eigenvalue weighted by Crippen LogP contribution is -2.50. The van der Waals surface area contributed by atoms with Crippen molar-refractivity contribution < 1.29 is 14.7 Å². The number of hydrogen-bond donors (Lipinski definition) is 2. The SMILES string of the molecule is CC1(CO)CCCC1NC(=O)C1CCN(C(=O)N2CCCC2)CC1. The molecule has 3 rings (SSSR count). The molecule has 2 saturated heterocycles. The zero-order chi connectivity index (χ0) is 17.2. The van der Waals surface area contributed by atoms with E-state index < -0.39 is 0 Å². The average Bonchev–Trinajstić information content (AvgIpc) is 3.25. The van der Waals surface area contributed by atoms with Crippen molar-refractivity contribution >= 4 is 11.9 Å². The number of hydrogen-bond acceptors (Lipinski definition) is 3. The Morgan fingerprint density at radius 2 is 1.67 bits per heavy atom. The predicted octanol–water partition coefficient (Wildman–Crippen LogP) is 1.58. The van der Waals surface area contributed by atoms with Crippen molar-refractivity contribution in [2.75, 3.05) is 32.8 Å². The molecule has 0 aromatic rings. The third-order valence-corrected chi connectivity index (χ3v) is 6.27. The molecule has 3 amide bonds. The Hall–Kier alpha value is -1.30. The number of urea groups is 1. The maximum absolute atomic E-state index is 12.6. The predicted molar refractivity (Wildman–Crippen MR) is 91.5 cm³/mol. The number of amides is 3. The second kappa shape index (κ2) is 7.30. The quantitative estimate of drug-likeness (QED) is 0.821. The van der Waals surface area contributed by atoms with Gasteiger partial charge in [0.05, 0.1) is 6.61 Å². The van der Waals surface area contributed by atoms with Crippen molar-refractivity contribution in [3.63, 3.8) is 0 Å². The van der Waals surface area contributed by atoms with Crippen LogP contribution in [-0.4, -0.2) is 65.7 Å². The fourth-order valence-electron chi connectivity index (χ4n) is 4.40. The minimum atomic E-state index is -0.178. The highest BCUT2D eigenvalue weighted by molar-refractivity contribution is 5.80. The Balaban J connectivity index is 1.47. The van der Waals surface area contributed by atoms with Gasteiger partial charge in [0.2, 0.25) is 5.91 Å². The molecule has 2 atom stereocenters. The molecule has 2 N–H and O–H groups in total. The molecule has 136 valence electrons. The summed E-state index contributed by atoms with van der Waals surface area (Å²) < 4.78 is 0. The van der Waals surface area contributed by atoms with Gasteiger partial charge in [0.25, 0.3) is 0 Å². The number of rotatable bonds is 3. The van der Waals surface area contributed by atoms with Crippen LogP contribution in [0.25, 0.3) is 0 Å². The minimum Gasteiger partial charge on any atom is -0.396 e. The fraction of sp³-hybridized carbons (Fsp3) is 0.889. The van der Waals surface area contributed by atoms with E-state index in [1.54, 1.807) is 0 Å². The molecule has 3 fully saturated rings. The zero-order valence-electron chi connectivity index (χ0n) is 14.8. The molecule has 2 unspecified atom stereocenters. The molecule has 2 aliphatic heterocycles. The summed E-state index contributed by atoms with van der Waals surface area (Å²) in [6.45, 7) is 5.29. The second-order valence-corrected chi connectivity index (χ2v) is 8.00. The Morgan fingerprint density at radius 1 is 1.04 bits per heavy atom. The van der Waals surface area contributed by atoms with Crippen LogP contribution in [-0.2, 0) is 4.79 Å². The minimum absolute atomic E-state index is 0.00355. The van der Waals surface area contributed by atoms with E-state index >= 15 is 0 Å². The van der Waals surface area contributed by atoms with E-state index in [0.29, 0.717) is 13.1 Å². The van der Waals surface area contributed by atoms with Crippen LogP contribution in [0, 0.1) is 11.3 Å². The monoisotopic (exact) mass is 337 g/mol. The maximum Gasteiger partial charge on any atom is 0.319 e. The van der Waals surface area contributed by atoms with Crippen LogP contribution in [0.2, 0.25) is 0 Å². The first-order valence-electron chi connectivity index (χ1n) is 9.48. The third-order valence-electron chi connectivity index (χ3n) is 6.27. The summed E-state index contributed by atoms with van der Waals surface area (Å²) >= 11 is 0. The van der Waals surface area contributed by atoms with Crippen LogP contribution in [0.4, 0.5) is 4.79 Å². The summed E-state index contributed by atoms with van der Waals surface area (Å²) in [6, 6.07) is 0.231. The Morgan fingerprint density at radius 3 is 2.29 bits per heavy atom. The summed E-state index contributed by atoms with van der Waals surface area (Å²) in [5.74, 6) is 0.103. The van der Waals surface area contributed by atoms with Crippen molar-refractivity contribution in [2.24, 2.45) is 11.3 Å². The van der Waals surface area contributed by atoms with Crippen molar-refractivity contribution in [1.29, 1.82) is 0 Å². The number of piperidine rings is 1. The summed E-state index contributed by atoms with van der Waals surface area (Å²) in [5.41, 5.74) is -0.178. The molecule has 2 heterocycles. The number of carbonyl (C=O) groups excluding carboxylic acids is 2. The fourth-order valence-corrected chi connectivity index (χ4v) is 4.40. The van der Waals surface area contributed by atoms with Gasteiger partial charge in [0.15, 0.2) is 0 Å². The molecule has 0 bridgehead atoms. The van der Waals surface area contributed by atoms with Gasteiger partial charge >= 0.3 is 6.03 Å². The Bertz CT molecular complexity index is 470. The van der Waals surface area contributed by atoms with Gasteiger partial charge in [-0.1, -0.05) is 13.3 Å². The number of nitrogens with zero attached hydrogens (tertiary/aromatic N) is 2. The van der Waals surface area contributed by atoms with E-state index in [-0.39, 0.29) is 35.9 Å². The van der Waals surface area contributed by atoms with Gasteiger partial charge in [0, 0.05) is 43.6 Å². The first-order valence-corrected chi connectivity index (χ1v) is 9.48. The largest absolute Gasteiger partial charge is 0.396 e. The number of carbonyl (C=O) groups is 2. The molecule has 0 spiro atoms. The van der Waals surface area contributed by atoms with Crippen LogP contribution >= 0.6 is 0 Å². The molecule has 24 heavy (non-hydrogen) atoms. The first kappa shape index (κ1) is 17.5. The molecule has 6 nitrogen and oxygen atoms in total. The van der Waals surface area contributed by atoms with Crippen LogP contribution in [0.5, 0.6) is 0 Å². The van der Waals surface area contributed by atoms with Crippen LogP contribution in [0.3, 0.4) is 0 Å². The van der Waals surface area contributed by atoms with E-state index in [4.69, 9.17) is 0 Å². The summed E-state index contributed by atoms with van der Waals surface area (Å²) in [4.78, 5) is 28.8. The van der Waals surface area contributed by atoms with Gasteiger partial charge < -0.3 is 20.2 Å². The number of aliphatic hydroxyl groups is 1. The lowest BCUT2D eigenvalue weighted by atomic mass is 9.85. The second-order valence-electron chi connectivity index (χ2n) is 8.00. The maximum atomic E-state index is 12.6. The molecule has 0 aromatic heterocycles. The van der Waals surface area contributed by atoms with Gasteiger partial charge in [-0.05, 0) is 38.5 Å². The Labute approximate surface area is 144 Å². The normalized spacial score (nSPS) is 31.5. The van der Waals surface area contributed by atoms with Crippen molar-refractivity contribution in [2.45, 2.75) is 57.9 Å². The third kappa shape index (κ3) is 3.53. The topological polar surface area (TPSA) is 72.9 Å². The highest BCUT2D eigenvalue weighted by Gasteiger charge is 2.40. The smallest absolute Gasteiger partial charge is 0.319 e. The van der Waals surface area contributed by atoms with Gasteiger partial charge in [-0.25, -0.2) is 4.79 Å². The lowest BCUT2D eigenvalue weighted by molar-refractivity contribution is -0.127.